The van der Waals surface area contributed by atoms with Gasteiger partial charge < -0.3 is 14.7 Å². The Hall–Kier alpha value is -2.37. The van der Waals surface area contributed by atoms with E-state index >= 15 is 0 Å². The maximum Gasteiger partial charge on any atom is 0.250 e. The monoisotopic (exact) mass is 413 g/mol. The van der Waals surface area contributed by atoms with Crippen LogP contribution in [-0.2, 0) is 11.3 Å². The van der Waals surface area contributed by atoms with Crippen molar-refractivity contribution in [2.45, 2.75) is 13.0 Å². The van der Waals surface area contributed by atoms with Crippen LogP contribution in [0.5, 0.6) is 0 Å². The molecule has 2 aliphatic heterocycles. The first-order valence-corrected chi connectivity index (χ1v) is 10.3. The first kappa shape index (κ1) is 19.9. The molecule has 2 aromatic rings. The minimum absolute atomic E-state index is 0.0218. The molecule has 2 fully saturated rings. The van der Waals surface area contributed by atoms with E-state index in [2.05, 4.69) is 16.8 Å². The van der Waals surface area contributed by atoms with Crippen molar-refractivity contribution < 1.29 is 9.18 Å². The second kappa shape index (κ2) is 8.56. The summed E-state index contributed by atoms with van der Waals surface area (Å²) >= 11 is 5.94. The molecule has 4 nitrogen and oxygen atoms in total. The number of carbonyl (C=O) groups excluding carboxylic acids is 1. The third-order valence-electron chi connectivity index (χ3n) is 5.66. The van der Waals surface area contributed by atoms with Gasteiger partial charge in [0.1, 0.15) is 5.82 Å². The number of piperazine rings is 1. The quantitative estimate of drug-likeness (QED) is 0.707. The first-order chi connectivity index (χ1) is 14.0. The maximum absolute atomic E-state index is 14.0. The molecule has 0 atom stereocenters. The van der Waals surface area contributed by atoms with Gasteiger partial charge in [0.15, 0.2) is 0 Å². The number of carbonyl (C=O) groups is 1. The fraction of sp³-hybridized carbons (Fsp3) is 0.348. The van der Waals surface area contributed by atoms with Crippen LogP contribution in [0.1, 0.15) is 17.5 Å². The van der Waals surface area contributed by atoms with Crippen molar-refractivity contribution in [2.24, 2.45) is 0 Å². The zero-order valence-corrected chi connectivity index (χ0v) is 17.3. The van der Waals surface area contributed by atoms with Crippen LogP contribution in [0.3, 0.4) is 0 Å². The van der Waals surface area contributed by atoms with Gasteiger partial charge in [-0.2, -0.15) is 0 Å². The molecule has 2 saturated heterocycles. The lowest BCUT2D eigenvalue weighted by Crippen LogP contribution is -2.44. The molecule has 0 N–H and O–H groups in total. The van der Waals surface area contributed by atoms with Gasteiger partial charge in [-0.05, 0) is 55.4 Å². The average Bonchev–Trinajstić information content (AvgIpc) is 3.04. The third kappa shape index (κ3) is 4.62. The Morgan fingerprint density at radius 1 is 1.03 bits per heavy atom. The number of halogens is 2. The largest absolute Gasteiger partial charge is 0.368 e. The number of benzene rings is 2. The van der Waals surface area contributed by atoms with Crippen LogP contribution in [0.2, 0.25) is 5.02 Å². The molecule has 0 radical (unpaired) electrons. The summed E-state index contributed by atoms with van der Waals surface area (Å²) in [6.07, 6.45) is 2.55. The summed E-state index contributed by atoms with van der Waals surface area (Å²) in [7, 11) is 2.11. The lowest BCUT2D eigenvalue weighted by atomic mass is 10.1. The number of amides is 1. The van der Waals surface area contributed by atoms with Gasteiger partial charge in [0.25, 0.3) is 0 Å². The second-order valence-corrected chi connectivity index (χ2v) is 8.20. The van der Waals surface area contributed by atoms with Crippen molar-refractivity contribution in [1.29, 1.82) is 0 Å². The zero-order chi connectivity index (χ0) is 20.4. The van der Waals surface area contributed by atoms with E-state index in [1.807, 2.05) is 41.3 Å². The first-order valence-electron chi connectivity index (χ1n) is 9.97. The molecule has 1 amide bonds. The smallest absolute Gasteiger partial charge is 0.250 e. The fourth-order valence-corrected chi connectivity index (χ4v) is 4.05. The molecule has 152 valence electrons. The molecule has 6 heteroatoms. The van der Waals surface area contributed by atoms with E-state index in [0.29, 0.717) is 24.5 Å². The van der Waals surface area contributed by atoms with E-state index in [0.717, 1.165) is 48.6 Å². The highest BCUT2D eigenvalue weighted by Gasteiger charge is 2.26. The molecule has 4 rings (SSSR count). The van der Waals surface area contributed by atoms with E-state index < -0.39 is 0 Å². The van der Waals surface area contributed by atoms with E-state index in [1.54, 1.807) is 0 Å². The van der Waals surface area contributed by atoms with E-state index in [4.69, 9.17) is 11.6 Å². The van der Waals surface area contributed by atoms with Gasteiger partial charge in [0.2, 0.25) is 5.91 Å². The molecule has 0 aromatic heterocycles. The Kier molecular flexibility index (Phi) is 5.88. The third-order valence-corrected chi connectivity index (χ3v) is 5.91. The predicted molar refractivity (Wildman–Crippen MR) is 116 cm³/mol. The van der Waals surface area contributed by atoms with Crippen molar-refractivity contribution >= 4 is 29.3 Å². The number of rotatable bonds is 4. The molecule has 0 unspecified atom stereocenters. The summed E-state index contributed by atoms with van der Waals surface area (Å²) < 4.78 is 14.0. The van der Waals surface area contributed by atoms with Crippen LogP contribution < -0.4 is 4.90 Å². The van der Waals surface area contributed by atoms with Crippen molar-refractivity contribution in [3.05, 3.63) is 70.0 Å². The zero-order valence-electron chi connectivity index (χ0n) is 16.6. The summed E-state index contributed by atoms with van der Waals surface area (Å²) in [6, 6.07) is 12.4. The topological polar surface area (TPSA) is 26.8 Å². The molecular weight excluding hydrogens is 389 g/mol. The molecule has 0 spiro atoms. The summed E-state index contributed by atoms with van der Waals surface area (Å²) in [4.78, 5) is 19.3. The SMILES string of the molecule is CN1CCN(c2ccc(F)cc2/C=C2\CCN(Cc3ccc(Cl)cc3)C2=O)CC1. The lowest BCUT2D eigenvalue weighted by Gasteiger charge is -2.35. The number of hydrogen-bond donors (Lipinski definition) is 0. The van der Waals surface area contributed by atoms with Gasteiger partial charge >= 0.3 is 0 Å². The Balaban J connectivity index is 1.54. The highest BCUT2D eigenvalue weighted by Crippen LogP contribution is 2.29. The molecule has 2 aliphatic rings. The Labute approximate surface area is 176 Å². The van der Waals surface area contributed by atoms with Crippen LogP contribution in [0.4, 0.5) is 10.1 Å². The predicted octanol–water partition coefficient (Wildman–Crippen LogP) is 4.05. The standard InChI is InChI=1S/C23H25ClFN3O/c1-26-10-12-27(13-11-26)22-7-6-21(25)15-19(22)14-18-8-9-28(23(18)29)16-17-2-4-20(24)5-3-17/h2-7,14-15H,8-13,16H2,1H3/b18-14+. The van der Waals surface area contributed by atoms with Gasteiger partial charge in [-0.25, -0.2) is 4.39 Å². The number of hydrogen-bond acceptors (Lipinski definition) is 3. The Bertz CT molecular complexity index is 920. The van der Waals surface area contributed by atoms with Gasteiger partial charge in [-0.15, -0.1) is 0 Å². The molecule has 2 heterocycles. The van der Waals surface area contributed by atoms with Gasteiger partial charge in [0.05, 0.1) is 0 Å². The summed E-state index contributed by atoms with van der Waals surface area (Å²) in [6.45, 7) is 4.97. The molecule has 0 bridgehead atoms. The van der Waals surface area contributed by atoms with Crippen LogP contribution in [0, 0.1) is 5.82 Å². The van der Waals surface area contributed by atoms with E-state index in [1.165, 1.54) is 12.1 Å². The molecule has 2 aromatic carbocycles. The minimum Gasteiger partial charge on any atom is -0.368 e. The highest BCUT2D eigenvalue weighted by atomic mass is 35.5. The van der Waals surface area contributed by atoms with Crippen molar-refractivity contribution in [2.75, 3.05) is 44.7 Å². The van der Waals surface area contributed by atoms with Gasteiger partial charge in [-0.3, -0.25) is 4.79 Å². The molecule has 0 saturated carbocycles. The highest BCUT2D eigenvalue weighted by molar-refractivity contribution is 6.30. The fourth-order valence-electron chi connectivity index (χ4n) is 3.93. The van der Waals surface area contributed by atoms with Gasteiger partial charge in [0, 0.05) is 61.1 Å². The van der Waals surface area contributed by atoms with Crippen molar-refractivity contribution in [3.8, 4) is 0 Å². The van der Waals surface area contributed by atoms with E-state index in [9.17, 15) is 9.18 Å². The molecular formula is C23H25ClFN3O. The van der Waals surface area contributed by atoms with Crippen molar-refractivity contribution in [3.63, 3.8) is 0 Å². The summed E-state index contributed by atoms with van der Waals surface area (Å²) in [5.41, 5.74) is 3.56. The van der Waals surface area contributed by atoms with Crippen LogP contribution in [-0.4, -0.2) is 55.5 Å². The summed E-state index contributed by atoms with van der Waals surface area (Å²) in [5.74, 6) is -0.258. The van der Waals surface area contributed by atoms with E-state index in [-0.39, 0.29) is 11.7 Å². The molecule has 29 heavy (non-hydrogen) atoms. The van der Waals surface area contributed by atoms with Crippen LogP contribution >= 0.6 is 11.6 Å². The summed E-state index contributed by atoms with van der Waals surface area (Å²) in [5, 5.41) is 0.685. The molecule has 0 aliphatic carbocycles. The normalized spacial score (nSPS) is 19.4. The van der Waals surface area contributed by atoms with Crippen molar-refractivity contribution in [1.82, 2.24) is 9.80 Å². The minimum atomic E-state index is -0.279. The van der Waals surface area contributed by atoms with Gasteiger partial charge in [-0.1, -0.05) is 23.7 Å². The number of nitrogens with zero attached hydrogens (tertiary/aromatic N) is 3. The van der Waals surface area contributed by atoms with Crippen LogP contribution in [0.15, 0.2) is 48.0 Å². The second-order valence-electron chi connectivity index (χ2n) is 7.77. The number of likely N-dealkylation sites (N-methyl/N-ethyl adjacent to an activating group) is 1. The average molecular weight is 414 g/mol. The number of anilines is 1. The number of likely N-dealkylation sites (tertiary alicyclic amines) is 1. The Morgan fingerprint density at radius 3 is 2.48 bits per heavy atom. The Morgan fingerprint density at radius 2 is 1.76 bits per heavy atom. The lowest BCUT2D eigenvalue weighted by molar-refractivity contribution is -0.125. The maximum atomic E-state index is 14.0. The van der Waals surface area contributed by atoms with Crippen LogP contribution in [0.25, 0.3) is 6.08 Å².